The fraction of sp³-hybridized carbons (Fsp3) is 0.0667. The number of fused-ring (bicyclic) bond motifs is 1. The van der Waals surface area contributed by atoms with Crippen molar-refractivity contribution in [2.24, 2.45) is 0 Å². The van der Waals surface area contributed by atoms with E-state index in [1.54, 1.807) is 12.3 Å². The Balaban J connectivity index is 2.03. The summed E-state index contributed by atoms with van der Waals surface area (Å²) >= 11 is 7.43. The number of alkyl halides is 1. The van der Waals surface area contributed by atoms with Crippen LogP contribution < -0.4 is 19.9 Å². The van der Waals surface area contributed by atoms with E-state index in [1.807, 2.05) is 42.5 Å². The molecule has 0 amide bonds. The molecule has 1 aromatic carbocycles. The van der Waals surface area contributed by atoms with Crippen LogP contribution >= 0.6 is 22.9 Å². The van der Waals surface area contributed by atoms with Crippen LogP contribution in [-0.4, -0.2) is 10.4 Å². The minimum Gasteiger partial charge on any atom is -0.360 e. The molecule has 1 aromatic heterocycles. The first-order valence-corrected chi connectivity index (χ1v) is 7.35. The van der Waals surface area contributed by atoms with E-state index >= 15 is 0 Å². The smallest absolute Gasteiger partial charge is 0.289 e. The molecule has 100 valence electrons. The quantitative estimate of drug-likeness (QED) is 0.860. The van der Waals surface area contributed by atoms with Crippen molar-refractivity contribution in [1.82, 2.24) is 4.98 Å². The van der Waals surface area contributed by atoms with Crippen molar-refractivity contribution < 1.29 is 0 Å². The van der Waals surface area contributed by atoms with Crippen LogP contribution in [0.2, 0.25) is 0 Å². The van der Waals surface area contributed by atoms with Gasteiger partial charge >= 0.3 is 0 Å². The summed E-state index contributed by atoms with van der Waals surface area (Å²) in [6.45, 7) is 0. The molecule has 3 rings (SSSR count). The lowest BCUT2D eigenvalue weighted by molar-refractivity contribution is 1.20. The first-order chi connectivity index (χ1) is 9.72. The highest BCUT2D eigenvalue weighted by Gasteiger charge is 2.06. The van der Waals surface area contributed by atoms with E-state index in [9.17, 15) is 4.79 Å². The van der Waals surface area contributed by atoms with Crippen molar-refractivity contribution in [3.05, 3.63) is 61.5 Å². The molecule has 1 unspecified atom stereocenters. The third-order valence-electron chi connectivity index (χ3n) is 2.80. The third-order valence-corrected chi connectivity index (χ3v) is 4.15. The van der Waals surface area contributed by atoms with Crippen LogP contribution in [0.15, 0.2) is 41.2 Å². The number of benzene rings is 1. The van der Waals surface area contributed by atoms with Crippen LogP contribution in [0.4, 0.5) is 5.69 Å². The second-order valence-electron chi connectivity index (χ2n) is 4.26. The normalized spacial score (nSPS) is 17.4. The Bertz CT molecular complexity index is 827. The summed E-state index contributed by atoms with van der Waals surface area (Å²) in [4.78, 5) is 16.0. The van der Waals surface area contributed by atoms with Crippen molar-refractivity contribution in [1.29, 1.82) is 0 Å². The molecule has 20 heavy (non-hydrogen) atoms. The molecular formula is C15H11ClN2OS. The van der Waals surface area contributed by atoms with Crippen molar-refractivity contribution in [3.63, 3.8) is 0 Å². The lowest BCUT2D eigenvalue weighted by Gasteiger charge is -2.04. The molecular weight excluding hydrogens is 292 g/mol. The Kier molecular flexibility index (Phi) is 3.67. The maximum absolute atomic E-state index is 11.9. The third kappa shape index (κ3) is 2.81. The molecule has 5 heteroatoms. The molecule has 3 nitrogen and oxygen atoms in total. The topological polar surface area (TPSA) is 42.0 Å². The second-order valence-corrected chi connectivity index (χ2v) is 5.85. The highest BCUT2D eigenvalue weighted by atomic mass is 35.5. The molecule has 1 N–H and O–H groups in total. The van der Waals surface area contributed by atoms with Gasteiger partial charge in [-0.05, 0) is 24.3 Å². The summed E-state index contributed by atoms with van der Waals surface area (Å²) in [5.41, 5.74) is 1.38. The number of nitrogens with one attached hydrogen (secondary N) is 1. The molecule has 0 saturated heterocycles. The van der Waals surface area contributed by atoms with Gasteiger partial charge in [-0.25, -0.2) is 4.98 Å². The van der Waals surface area contributed by atoms with Crippen molar-refractivity contribution in [3.8, 4) is 0 Å². The Morgan fingerprint density at radius 1 is 1.30 bits per heavy atom. The second kappa shape index (κ2) is 5.61. The number of nitrogens with zero attached hydrogens (tertiary/aromatic N) is 1. The van der Waals surface area contributed by atoms with E-state index in [0.29, 0.717) is 10.2 Å². The zero-order chi connectivity index (χ0) is 13.9. The van der Waals surface area contributed by atoms with Crippen LogP contribution in [0.3, 0.4) is 0 Å². The van der Waals surface area contributed by atoms with Gasteiger partial charge in [0.05, 0.1) is 15.6 Å². The minimum atomic E-state index is -0.233. The van der Waals surface area contributed by atoms with Gasteiger partial charge in [0.2, 0.25) is 0 Å². The van der Waals surface area contributed by atoms with E-state index in [1.165, 1.54) is 11.3 Å². The standard InChI is InChI=1S/C15H11ClN2OS/c16-10-6-7-12-13(8-10)20-14(15(19)18-12)9-17-11-4-2-1-3-5-11/h1-10,17H/b14-9+. The van der Waals surface area contributed by atoms with Crippen LogP contribution in [0.5, 0.6) is 0 Å². The average Bonchev–Trinajstić information content (AvgIpc) is 2.46. The van der Waals surface area contributed by atoms with E-state index < -0.39 is 0 Å². The molecule has 1 aliphatic carbocycles. The fourth-order valence-corrected chi connectivity index (χ4v) is 3.02. The molecule has 0 spiro atoms. The van der Waals surface area contributed by atoms with Gasteiger partial charge in [-0.15, -0.1) is 22.9 Å². The van der Waals surface area contributed by atoms with E-state index in [4.69, 9.17) is 11.6 Å². The predicted molar refractivity (Wildman–Crippen MR) is 85.3 cm³/mol. The molecule has 0 aliphatic heterocycles. The average molecular weight is 303 g/mol. The Labute approximate surface area is 124 Å². The highest BCUT2D eigenvalue weighted by molar-refractivity contribution is 7.07. The van der Waals surface area contributed by atoms with Crippen molar-refractivity contribution in [2.75, 3.05) is 5.32 Å². The molecule has 0 radical (unpaired) electrons. The largest absolute Gasteiger partial charge is 0.360 e. The van der Waals surface area contributed by atoms with Gasteiger partial charge in [0.1, 0.15) is 4.53 Å². The lowest BCUT2D eigenvalue weighted by atomic mass is 10.2. The summed E-state index contributed by atoms with van der Waals surface area (Å²) in [5.74, 6) is 0. The number of para-hydroxylation sites is 1. The lowest BCUT2D eigenvalue weighted by Crippen LogP contribution is -2.32. The van der Waals surface area contributed by atoms with E-state index in [2.05, 4.69) is 10.3 Å². The number of rotatable bonds is 2. The van der Waals surface area contributed by atoms with Gasteiger partial charge in [-0.2, -0.15) is 0 Å². The monoisotopic (exact) mass is 302 g/mol. The number of allylic oxidation sites excluding steroid dienone is 1. The van der Waals surface area contributed by atoms with Crippen LogP contribution in [-0.2, 0) is 0 Å². The zero-order valence-corrected chi connectivity index (χ0v) is 12.0. The molecule has 1 heterocycles. The Morgan fingerprint density at radius 3 is 2.90 bits per heavy atom. The van der Waals surface area contributed by atoms with Gasteiger partial charge in [0.15, 0.2) is 0 Å². The van der Waals surface area contributed by atoms with E-state index in [-0.39, 0.29) is 10.9 Å². The molecule has 2 aromatic rings. The number of hydrogen-bond donors (Lipinski definition) is 1. The van der Waals surface area contributed by atoms with Crippen LogP contribution in [0.1, 0.15) is 5.69 Å². The fourth-order valence-electron chi connectivity index (χ4n) is 1.83. The molecule has 1 aliphatic rings. The first kappa shape index (κ1) is 13.1. The SMILES string of the molecule is O=c1nc2c(s/c1=C/Nc1ccccc1)=CC(Cl)C=C2. The van der Waals surface area contributed by atoms with Crippen LogP contribution in [0, 0.1) is 0 Å². The van der Waals surface area contributed by atoms with Crippen LogP contribution in [0.25, 0.3) is 18.4 Å². The maximum atomic E-state index is 11.9. The summed E-state index contributed by atoms with van der Waals surface area (Å²) in [6, 6.07) is 9.66. The highest BCUT2D eigenvalue weighted by Crippen LogP contribution is 2.07. The molecule has 0 fully saturated rings. The first-order valence-electron chi connectivity index (χ1n) is 6.09. The summed E-state index contributed by atoms with van der Waals surface area (Å²) < 4.78 is 1.48. The number of halogens is 1. The van der Waals surface area contributed by atoms with Crippen molar-refractivity contribution in [2.45, 2.75) is 5.38 Å². The van der Waals surface area contributed by atoms with Gasteiger partial charge in [-0.3, -0.25) is 4.79 Å². The molecule has 1 atom stereocenters. The Hall–Kier alpha value is -1.91. The summed E-state index contributed by atoms with van der Waals surface area (Å²) in [7, 11) is 0. The predicted octanol–water partition coefficient (Wildman–Crippen LogP) is 1.77. The van der Waals surface area contributed by atoms with E-state index in [0.717, 1.165) is 10.2 Å². The van der Waals surface area contributed by atoms with Gasteiger partial charge in [-0.1, -0.05) is 24.3 Å². The van der Waals surface area contributed by atoms with Gasteiger partial charge in [0.25, 0.3) is 5.56 Å². The summed E-state index contributed by atoms with van der Waals surface area (Å²) in [5, 5.41) is 2.95. The molecule has 0 saturated carbocycles. The van der Waals surface area contributed by atoms with Gasteiger partial charge in [0, 0.05) is 11.9 Å². The molecule has 0 bridgehead atoms. The minimum absolute atomic E-state index is 0.145. The number of aromatic nitrogens is 1. The van der Waals surface area contributed by atoms with Crippen molar-refractivity contribution >= 4 is 47.0 Å². The number of hydrogen-bond acceptors (Lipinski definition) is 4. The summed E-state index contributed by atoms with van der Waals surface area (Å²) in [6.07, 6.45) is 7.19. The zero-order valence-electron chi connectivity index (χ0n) is 10.4. The maximum Gasteiger partial charge on any atom is 0.289 e. The van der Waals surface area contributed by atoms with Gasteiger partial charge < -0.3 is 5.32 Å². The Morgan fingerprint density at radius 2 is 2.10 bits per heavy atom. The number of anilines is 1.